The van der Waals surface area contributed by atoms with E-state index in [9.17, 15) is 10.1 Å². The van der Waals surface area contributed by atoms with Crippen molar-refractivity contribution in [2.24, 2.45) is 5.92 Å². The van der Waals surface area contributed by atoms with E-state index in [4.69, 9.17) is 4.74 Å². The van der Waals surface area contributed by atoms with E-state index < -0.39 is 6.04 Å². The maximum Gasteiger partial charge on any atom is 0.238 e. The fourth-order valence-electron chi connectivity index (χ4n) is 5.43. The highest BCUT2D eigenvalue weighted by Crippen LogP contribution is 2.42. The largest absolute Gasteiger partial charge is 0.360 e. The minimum atomic E-state index is -0.809. The molecule has 2 fully saturated rings. The van der Waals surface area contributed by atoms with Gasteiger partial charge in [-0.1, -0.05) is 18.2 Å². The molecule has 1 saturated carbocycles. The molecule has 3 aromatic rings. The molecular formula is C28H31FN4O2S. The normalized spacial score (nSPS) is 22.6. The van der Waals surface area contributed by atoms with Crippen molar-refractivity contribution in [1.82, 2.24) is 15.2 Å². The van der Waals surface area contributed by atoms with Crippen LogP contribution in [-0.4, -0.2) is 46.2 Å². The van der Waals surface area contributed by atoms with Crippen LogP contribution in [-0.2, 0) is 16.0 Å². The van der Waals surface area contributed by atoms with Crippen LogP contribution in [0, 0.1) is 23.1 Å². The second-order valence-electron chi connectivity index (χ2n) is 10.8. The lowest BCUT2D eigenvalue weighted by Crippen LogP contribution is -2.53. The number of nitrogens with one attached hydrogen (secondary N) is 1. The molecule has 4 atom stereocenters. The summed E-state index contributed by atoms with van der Waals surface area (Å²) in [6.45, 7) is 6.39. The number of rotatable bonds is 7. The molecule has 4 unspecified atom stereocenters. The Morgan fingerprint density at radius 1 is 1.28 bits per heavy atom. The molecule has 0 spiro atoms. The Morgan fingerprint density at radius 3 is 2.81 bits per heavy atom. The van der Waals surface area contributed by atoms with Gasteiger partial charge in [0.05, 0.1) is 33.4 Å². The molecule has 2 aromatic carbocycles. The smallest absolute Gasteiger partial charge is 0.238 e. The summed E-state index contributed by atoms with van der Waals surface area (Å²) >= 11 is 1.55. The van der Waals surface area contributed by atoms with Crippen LogP contribution in [0.2, 0.25) is 0 Å². The van der Waals surface area contributed by atoms with Crippen molar-refractivity contribution in [3.05, 3.63) is 53.3 Å². The third kappa shape index (κ3) is 5.15. The number of carbonyl (C=O) groups excluding carboxylic acids is 1. The highest BCUT2D eigenvalue weighted by molar-refractivity contribution is 7.16. The van der Waals surface area contributed by atoms with E-state index in [0.717, 1.165) is 40.6 Å². The molecule has 2 bridgehead atoms. The summed E-state index contributed by atoms with van der Waals surface area (Å²) in [7, 11) is 0. The number of nitrogens with zero attached hydrogens (tertiary/aromatic N) is 3. The number of hydrogen-bond acceptors (Lipinski definition) is 6. The molecule has 1 aliphatic heterocycles. The van der Waals surface area contributed by atoms with Crippen LogP contribution in [0.25, 0.3) is 21.3 Å². The lowest BCUT2D eigenvalue weighted by molar-refractivity contribution is -0.136. The van der Waals surface area contributed by atoms with Crippen LogP contribution in [0.1, 0.15) is 45.6 Å². The first-order chi connectivity index (χ1) is 17.2. The Balaban J connectivity index is 1.26. The molecule has 2 aliphatic rings. The van der Waals surface area contributed by atoms with Crippen molar-refractivity contribution in [3.63, 3.8) is 0 Å². The van der Waals surface area contributed by atoms with E-state index in [-0.39, 0.29) is 35.7 Å². The molecule has 1 amide bonds. The van der Waals surface area contributed by atoms with Crippen LogP contribution in [0.5, 0.6) is 0 Å². The molecule has 1 saturated heterocycles. The summed E-state index contributed by atoms with van der Waals surface area (Å²) in [4.78, 5) is 19.7. The SMILES string of the molecule is CC(C)(C)OCN1C2CCC(C2)C1C(=O)NC(C#N)Cc1ccc(-c2ccc3ncsc3c2)cc1F. The van der Waals surface area contributed by atoms with E-state index in [1.807, 2.05) is 45.0 Å². The van der Waals surface area contributed by atoms with Gasteiger partial charge < -0.3 is 10.1 Å². The maximum atomic E-state index is 15.1. The average Bonchev–Trinajstić information content (AvgIpc) is 3.58. The van der Waals surface area contributed by atoms with E-state index in [2.05, 4.69) is 21.3 Å². The van der Waals surface area contributed by atoms with Crippen molar-refractivity contribution >= 4 is 27.5 Å². The van der Waals surface area contributed by atoms with Gasteiger partial charge in [-0.25, -0.2) is 9.37 Å². The Morgan fingerprint density at radius 2 is 2.06 bits per heavy atom. The molecule has 6 nitrogen and oxygen atoms in total. The highest BCUT2D eigenvalue weighted by Gasteiger charge is 2.49. The first kappa shape index (κ1) is 24.8. The van der Waals surface area contributed by atoms with Crippen molar-refractivity contribution < 1.29 is 13.9 Å². The first-order valence-corrected chi connectivity index (χ1v) is 13.3. The molecule has 8 heteroatoms. The number of aromatic nitrogens is 1. The van der Waals surface area contributed by atoms with Gasteiger partial charge in [-0.05, 0) is 80.8 Å². The van der Waals surface area contributed by atoms with Crippen LogP contribution < -0.4 is 5.32 Å². The molecule has 1 aliphatic carbocycles. The van der Waals surface area contributed by atoms with Crippen LogP contribution in [0.15, 0.2) is 41.9 Å². The standard InChI is InChI=1S/C28H31FN4O2S/c1-28(2,3)35-16-33-22-8-6-20(11-22)26(33)27(34)32-21(14-30)10-19-5-4-17(12-23(19)29)18-7-9-24-25(13-18)36-15-31-24/h4-5,7,9,12-13,15,20-22,26H,6,8,10-11,16H2,1-3H3,(H,32,34). The third-order valence-electron chi connectivity index (χ3n) is 7.25. The summed E-state index contributed by atoms with van der Waals surface area (Å²) < 4.78 is 22.1. The molecule has 1 N–H and O–H groups in total. The molecule has 0 radical (unpaired) electrons. The van der Waals surface area contributed by atoms with Crippen LogP contribution in [0.4, 0.5) is 4.39 Å². The van der Waals surface area contributed by atoms with Gasteiger partial charge in [0.1, 0.15) is 18.6 Å². The van der Waals surface area contributed by atoms with Gasteiger partial charge in [0.15, 0.2) is 0 Å². The summed E-state index contributed by atoms with van der Waals surface area (Å²) in [6.07, 6.45) is 3.17. The Labute approximate surface area is 215 Å². The van der Waals surface area contributed by atoms with E-state index in [1.54, 1.807) is 22.9 Å². The first-order valence-electron chi connectivity index (χ1n) is 12.4. The van der Waals surface area contributed by atoms with Crippen LogP contribution >= 0.6 is 11.3 Å². The lowest BCUT2D eigenvalue weighted by Gasteiger charge is -2.36. The van der Waals surface area contributed by atoms with Gasteiger partial charge in [0, 0.05) is 12.5 Å². The predicted molar refractivity (Wildman–Crippen MR) is 139 cm³/mol. The quantitative estimate of drug-likeness (QED) is 0.472. The minimum absolute atomic E-state index is 0.113. The molecule has 5 rings (SSSR count). The number of amides is 1. The number of halogens is 1. The molecule has 1 aromatic heterocycles. The number of benzene rings is 2. The molecule has 2 heterocycles. The zero-order valence-corrected chi connectivity index (χ0v) is 21.6. The van der Waals surface area contributed by atoms with E-state index in [0.29, 0.717) is 18.3 Å². The predicted octanol–water partition coefficient (Wildman–Crippen LogP) is 5.28. The van der Waals surface area contributed by atoms with Gasteiger partial charge in [0.2, 0.25) is 5.91 Å². The number of fused-ring (bicyclic) bond motifs is 3. The number of thiazole rings is 1. The van der Waals surface area contributed by atoms with Gasteiger partial charge in [-0.3, -0.25) is 9.69 Å². The zero-order valence-electron chi connectivity index (χ0n) is 20.8. The number of likely N-dealkylation sites (tertiary alicyclic amines) is 1. The van der Waals surface area contributed by atoms with Crippen molar-refractivity contribution in [3.8, 4) is 17.2 Å². The van der Waals surface area contributed by atoms with E-state index in [1.165, 1.54) is 6.07 Å². The highest BCUT2D eigenvalue weighted by atomic mass is 32.1. The number of carbonyl (C=O) groups is 1. The summed E-state index contributed by atoms with van der Waals surface area (Å²) in [6, 6.07) is 12.3. The zero-order chi connectivity index (χ0) is 25.4. The monoisotopic (exact) mass is 506 g/mol. The third-order valence-corrected chi connectivity index (χ3v) is 8.04. The number of piperidine rings is 1. The number of ether oxygens (including phenoxy) is 1. The van der Waals surface area contributed by atoms with Crippen molar-refractivity contribution in [2.45, 2.75) is 70.2 Å². The lowest BCUT2D eigenvalue weighted by atomic mass is 9.97. The second kappa shape index (κ2) is 9.89. The topological polar surface area (TPSA) is 78.2 Å². The maximum absolute atomic E-state index is 15.1. The van der Waals surface area contributed by atoms with E-state index >= 15 is 4.39 Å². The van der Waals surface area contributed by atoms with Gasteiger partial charge in [-0.2, -0.15) is 5.26 Å². The van der Waals surface area contributed by atoms with Crippen molar-refractivity contribution in [2.75, 3.05) is 6.73 Å². The minimum Gasteiger partial charge on any atom is -0.360 e. The summed E-state index contributed by atoms with van der Waals surface area (Å²) in [5.74, 6) is -0.280. The van der Waals surface area contributed by atoms with Crippen LogP contribution in [0.3, 0.4) is 0 Å². The Hall–Kier alpha value is -2.86. The molecular weight excluding hydrogens is 475 g/mol. The second-order valence-corrected chi connectivity index (χ2v) is 11.7. The van der Waals surface area contributed by atoms with Gasteiger partial charge in [0.25, 0.3) is 0 Å². The Kier molecular flexibility index (Phi) is 6.82. The molecule has 36 heavy (non-hydrogen) atoms. The molecule has 188 valence electrons. The number of nitriles is 1. The van der Waals surface area contributed by atoms with Gasteiger partial charge in [-0.15, -0.1) is 11.3 Å². The average molecular weight is 507 g/mol. The van der Waals surface area contributed by atoms with Crippen molar-refractivity contribution in [1.29, 1.82) is 5.26 Å². The fourth-order valence-corrected chi connectivity index (χ4v) is 6.15. The van der Waals surface area contributed by atoms with Gasteiger partial charge >= 0.3 is 0 Å². The Bertz CT molecular complexity index is 1310. The summed E-state index contributed by atoms with van der Waals surface area (Å²) in [5, 5.41) is 12.7. The number of hydrogen-bond donors (Lipinski definition) is 1. The fraction of sp³-hybridized carbons (Fsp3) is 0.464. The summed E-state index contributed by atoms with van der Waals surface area (Å²) in [5.41, 5.74) is 4.50.